The van der Waals surface area contributed by atoms with Crippen LogP contribution in [0, 0.1) is 0 Å². The lowest BCUT2D eigenvalue weighted by Gasteiger charge is -2.29. The van der Waals surface area contributed by atoms with Crippen molar-refractivity contribution in [1.82, 2.24) is 10.2 Å². The average molecular weight is 476 g/mol. The number of hydrogen-bond acceptors (Lipinski definition) is 4. The summed E-state index contributed by atoms with van der Waals surface area (Å²) in [4.78, 5) is 28.4. The van der Waals surface area contributed by atoms with Crippen molar-refractivity contribution >= 4 is 29.4 Å². The maximum absolute atomic E-state index is 13.5. The number of nitrogens with one attached hydrogen (secondary N) is 2. The first-order valence-electron chi connectivity index (χ1n) is 11.3. The Morgan fingerprint density at radius 3 is 2.35 bits per heavy atom. The van der Waals surface area contributed by atoms with E-state index in [4.69, 9.17) is 4.74 Å². The summed E-state index contributed by atoms with van der Waals surface area (Å²) in [5, 5.41) is 5.70. The van der Waals surface area contributed by atoms with Gasteiger partial charge in [-0.3, -0.25) is 9.69 Å². The van der Waals surface area contributed by atoms with Crippen molar-refractivity contribution in [3.05, 3.63) is 95.6 Å². The van der Waals surface area contributed by atoms with Crippen LogP contribution in [0.25, 0.3) is 0 Å². The lowest BCUT2D eigenvalue weighted by atomic mass is 10.1. The molecule has 3 amide bonds. The number of carbonyl (C=O) groups excluding carboxylic acids is 2. The van der Waals surface area contributed by atoms with Gasteiger partial charge in [-0.1, -0.05) is 73.7 Å². The van der Waals surface area contributed by atoms with Crippen molar-refractivity contribution < 1.29 is 14.3 Å². The summed E-state index contributed by atoms with van der Waals surface area (Å²) in [7, 11) is 1.56. The van der Waals surface area contributed by atoms with Crippen molar-refractivity contribution in [3.8, 4) is 5.75 Å². The summed E-state index contributed by atoms with van der Waals surface area (Å²) in [5.74, 6) is 0.913. The number of ether oxygens (including phenoxy) is 1. The minimum atomic E-state index is -0.597. The number of thioether (sulfide) groups is 1. The summed E-state index contributed by atoms with van der Waals surface area (Å²) in [6.07, 6.45) is 0.975. The molecule has 1 aliphatic rings. The van der Waals surface area contributed by atoms with Crippen molar-refractivity contribution in [2.45, 2.75) is 31.3 Å². The van der Waals surface area contributed by atoms with E-state index in [1.807, 2.05) is 54.6 Å². The zero-order chi connectivity index (χ0) is 23.9. The highest BCUT2D eigenvalue weighted by atomic mass is 32.2. The summed E-state index contributed by atoms with van der Waals surface area (Å²) >= 11 is 1.59. The predicted molar refractivity (Wildman–Crippen MR) is 137 cm³/mol. The highest BCUT2D eigenvalue weighted by Crippen LogP contribution is 2.42. The molecule has 0 spiro atoms. The van der Waals surface area contributed by atoms with Crippen molar-refractivity contribution in [1.29, 1.82) is 0 Å². The molecule has 0 bridgehead atoms. The third kappa shape index (κ3) is 5.37. The molecule has 1 fully saturated rings. The highest BCUT2D eigenvalue weighted by Gasteiger charge is 2.42. The number of methoxy groups -OCH3 is 1. The van der Waals surface area contributed by atoms with Crippen LogP contribution < -0.4 is 15.4 Å². The summed E-state index contributed by atoms with van der Waals surface area (Å²) in [6, 6.07) is 24.3. The van der Waals surface area contributed by atoms with Crippen molar-refractivity contribution in [3.63, 3.8) is 0 Å². The number of nitrogens with zero attached hydrogens (tertiary/aromatic N) is 1. The van der Waals surface area contributed by atoms with Crippen LogP contribution in [0.5, 0.6) is 5.75 Å². The second kappa shape index (κ2) is 11.1. The van der Waals surface area contributed by atoms with Gasteiger partial charge >= 0.3 is 6.03 Å². The SMILES string of the molecule is CCc1ccc(CNC(=O)C2CSC(c3ccccc3)N2C(=O)Nc2ccccc2OC)cc1. The van der Waals surface area contributed by atoms with Crippen LogP contribution in [0.2, 0.25) is 0 Å². The van der Waals surface area contributed by atoms with Gasteiger partial charge in [0.1, 0.15) is 17.2 Å². The smallest absolute Gasteiger partial charge is 0.323 e. The predicted octanol–water partition coefficient (Wildman–Crippen LogP) is 5.22. The normalized spacial score (nSPS) is 17.3. The molecule has 2 atom stereocenters. The van der Waals surface area contributed by atoms with Crippen LogP contribution in [-0.4, -0.2) is 35.7 Å². The molecule has 0 radical (unpaired) electrons. The van der Waals surface area contributed by atoms with Gasteiger partial charge in [0.15, 0.2) is 0 Å². The lowest BCUT2D eigenvalue weighted by molar-refractivity contribution is -0.124. The number of hydrogen-bond donors (Lipinski definition) is 2. The molecule has 3 aromatic rings. The molecule has 4 rings (SSSR count). The first-order valence-corrected chi connectivity index (χ1v) is 12.4. The Balaban J connectivity index is 1.53. The van der Waals surface area contributed by atoms with Crippen LogP contribution in [0.15, 0.2) is 78.9 Å². The van der Waals surface area contributed by atoms with E-state index in [-0.39, 0.29) is 17.3 Å². The number of amides is 3. The molecule has 6 nitrogen and oxygen atoms in total. The van der Waals surface area contributed by atoms with Gasteiger partial charge in [0, 0.05) is 12.3 Å². The zero-order valence-corrected chi connectivity index (χ0v) is 20.2. The Morgan fingerprint density at radius 2 is 1.65 bits per heavy atom. The standard InChI is InChI=1S/C27H29N3O3S/c1-3-19-13-15-20(16-14-19)17-28-25(31)23-18-34-26(21-9-5-4-6-10-21)30(23)27(32)29-22-11-7-8-12-24(22)33-2/h4-16,23,26H,3,17-18H2,1-2H3,(H,28,31)(H,29,32). The first-order chi connectivity index (χ1) is 16.6. The fourth-order valence-electron chi connectivity index (χ4n) is 3.96. The molecule has 0 aliphatic carbocycles. The van der Waals surface area contributed by atoms with Gasteiger partial charge in [0.2, 0.25) is 5.91 Å². The Bertz CT molecular complexity index is 1120. The van der Waals surface area contributed by atoms with E-state index >= 15 is 0 Å². The third-order valence-electron chi connectivity index (χ3n) is 5.87. The van der Waals surface area contributed by atoms with E-state index in [1.54, 1.807) is 35.9 Å². The highest BCUT2D eigenvalue weighted by molar-refractivity contribution is 7.99. The number of rotatable bonds is 7. The van der Waals surface area contributed by atoms with Crippen LogP contribution in [-0.2, 0) is 17.8 Å². The molecule has 7 heteroatoms. The molecule has 34 heavy (non-hydrogen) atoms. The number of benzene rings is 3. The lowest BCUT2D eigenvalue weighted by Crippen LogP contribution is -2.49. The number of carbonyl (C=O) groups is 2. The van der Waals surface area contributed by atoms with Gasteiger partial charge in [-0.15, -0.1) is 11.8 Å². The molecular formula is C27H29N3O3S. The molecule has 2 N–H and O–H groups in total. The molecule has 176 valence electrons. The van der Waals surface area contributed by atoms with Gasteiger partial charge in [-0.05, 0) is 35.2 Å². The van der Waals surface area contributed by atoms with Crippen LogP contribution in [0.3, 0.4) is 0 Å². The minimum absolute atomic E-state index is 0.166. The molecule has 0 saturated carbocycles. The molecule has 0 aromatic heterocycles. The maximum atomic E-state index is 13.5. The summed E-state index contributed by atoms with van der Waals surface area (Å²) < 4.78 is 5.38. The quantitative estimate of drug-likeness (QED) is 0.491. The average Bonchev–Trinajstić information content (AvgIpc) is 3.34. The monoisotopic (exact) mass is 475 g/mol. The van der Waals surface area contributed by atoms with E-state index in [2.05, 4.69) is 29.7 Å². The number of para-hydroxylation sites is 2. The number of anilines is 1. The molecule has 1 aliphatic heterocycles. The minimum Gasteiger partial charge on any atom is -0.495 e. The van der Waals surface area contributed by atoms with Crippen LogP contribution >= 0.6 is 11.8 Å². The fourth-order valence-corrected chi connectivity index (χ4v) is 5.39. The molecule has 2 unspecified atom stereocenters. The number of urea groups is 1. The zero-order valence-electron chi connectivity index (χ0n) is 19.4. The van der Waals surface area contributed by atoms with Gasteiger partial charge in [-0.25, -0.2) is 4.79 Å². The van der Waals surface area contributed by atoms with E-state index in [0.29, 0.717) is 23.7 Å². The van der Waals surface area contributed by atoms with E-state index in [9.17, 15) is 9.59 Å². The molecular weight excluding hydrogens is 446 g/mol. The van der Waals surface area contributed by atoms with Crippen molar-refractivity contribution in [2.75, 3.05) is 18.2 Å². The third-order valence-corrected chi connectivity index (χ3v) is 7.19. The Morgan fingerprint density at radius 1 is 0.971 bits per heavy atom. The molecule has 1 saturated heterocycles. The van der Waals surface area contributed by atoms with E-state index < -0.39 is 6.04 Å². The van der Waals surface area contributed by atoms with E-state index in [1.165, 1.54) is 5.56 Å². The van der Waals surface area contributed by atoms with Gasteiger partial charge in [0.25, 0.3) is 0 Å². The first kappa shape index (κ1) is 23.7. The van der Waals surface area contributed by atoms with Gasteiger partial charge in [-0.2, -0.15) is 0 Å². The fraction of sp³-hybridized carbons (Fsp3) is 0.259. The Hall–Kier alpha value is -3.45. The van der Waals surface area contributed by atoms with Crippen molar-refractivity contribution in [2.24, 2.45) is 0 Å². The largest absolute Gasteiger partial charge is 0.495 e. The second-order valence-corrected chi connectivity index (χ2v) is 9.15. The van der Waals surface area contributed by atoms with Gasteiger partial charge < -0.3 is 15.4 Å². The summed E-state index contributed by atoms with van der Waals surface area (Å²) in [5.41, 5.74) is 3.83. The second-order valence-electron chi connectivity index (χ2n) is 8.04. The maximum Gasteiger partial charge on any atom is 0.323 e. The van der Waals surface area contributed by atoms with E-state index in [0.717, 1.165) is 17.5 Å². The van der Waals surface area contributed by atoms with Gasteiger partial charge in [0.05, 0.1) is 12.8 Å². The van der Waals surface area contributed by atoms with Crippen LogP contribution in [0.4, 0.5) is 10.5 Å². The number of aryl methyl sites for hydroxylation is 1. The van der Waals surface area contributed by atoms with Crippen LogP contribution in [0.1, 0.15) is 29.0 Å². The topological polar surface area (TPSA) is 70.7 Å². The Kier molecular flexibility index (Phi) is 7.75. The summed E-state index contributed by atoms with van der Waals surface area (Å²) in [6.45, 7) is 2.53. The Labute approximate surface area is 204 Å². The molecule has 3 aromatic carbocycles. The molecule has 1 heterocycles.